The maximum Gasteiger partial charge on any atom is 0.228 e. The van der Waals surface area contributed by atoms with Gasteiger partial charge in [0.25, 0.3) is 0 Å². The minimum atomic E-state index is -0.213. The van der Waals surface area contributed by atoms with Crippen molar-refractivity contribution in [3.8, 4) is 0 Å². The van der Waals surface area contributed by atoms with Crippen LogP contribution in [0.1, 0.15) is 47.5 Å². The molecule has 2 atom stereocenters. The average molecular weight is 295 g/mol. The molecule has 2 unspecified atom stereocenters. The van der Waals surface area contributed by atoms with Crippen LogP contribution in [0.5, 0.6) is 0 Å². The van der Waals surface area contributed by atoms with Crippen molar-refractivity contribution < 1.29 is 9.59 Å². The fourth-order valence-corrected chi connectivity index (χ4v) is 3.34. The smallest absolute Gasteiger partial charge is 0.228 e. The second kappa shape index (κ2) is 5.27. The van der Waals surface area contributed by atoms with Gasteiger partial charge in [-0.1, -0.05) is 13.8 Å². The number of piperidine rings is 1. The summed E-state index contributed by atoms with van der Waals surface area (Å²) in [5.41, 5.74) is 5.86. The van der Waals surface area contributed by atoms with Gasteiger partial charge in [-0.2, -0.15) is 0 Å². The molecule has 2 amide bonds. The number of carbonyl (C=O) groups excluding carboxylic acids is 2. The van der Waals surface area contributed by atoms with Gasteiger partial charge in [-0.25, -0.2) is 0 Å². The number of amides is 2. The lowest BCUT2D eigenvalue weighted by atomic mass is 9.79. The maximum absolute atomic E-state index is 12.7. The van der Waals surface area contributed by atoms with Crippen molar-refractivity contribution in [2.45, 2.75) is 59.0 Å². The lowest BCUT2D eigenvalue weighted by Gasteiger charge is -2.43. The van der Waals surface area contributed by atoms with E-state index in [-0.39, 0.29) is 34.7 Å². The Morgan fingerprint density at radius 2 is 1.95 bits per heavy atom. The van der Waals surface area contributed by atoms with E-state index in [9.17, 15) is 9.59 Å². The molecule has 120 valence electrons. The SMILES string of the molecule is CC1(C)CN(C(=O)C2CC(=O)N(C(C)(C)C)C2)CCC1N. The number of likely N-dealkylation sites (tertiary alicyclic amines) is 2. The van der Waals surface area contributed by atoms with Gasteiger partial charge in [-0.15, -0.1) is 0 Å². The molecule has 0 aromatic heterocycles. The highest BCUT2D eigenvalue weighted by atomic mass is 16.2. The molecule has 0 radical (unpaired) electrons. The van der Waals surface area contributed by atoms with Crippen LogP contribution in [-0.2, 0) is 9.59 Å². The molecule has 2 N–H and O–H groups in total. The molecule has 0 aromatic rings. The van der Waals surface area contributed by atoms with Gasteiger partial charge in [0.15, 0.2) is 0 Å². The minimum absolute atomic E-state index is 0.0553. The molecule has 2 saturated heterocycles. The standard InChI is InChI=1S/C16H29N3O2/c1-15(2,3)19-9-11(8-13(19)20)14(21)18-7-6-12(17)16(4,5)10-18/h11-12H,6-10,17H2,1-5H3. The number of rotatable bonds is 1. The number of nitrogens with two attached hydrogens (primary N) is 1. The molecule has 2 heterocycles. The summed E-state index contributed by atoms with van der Waals surface area (Å²) in [4.78, 5) is 28.6. The molecule has 0 aromatic carbocycles. The highest BCUT2D eigenvalue weighted by molar-refractivity contribution is 5.89. The van der Waals surface area contributed by atoms with Gasteiger partial charge in [-0.3, -0.25) is 9.59 Å². The van der Waals surface area contributed by atoms with E-state index in [1.54, 1.807) is 0 Å². The summed E-state index contributed by atoms with van der Waals surface area (Å²) >= 11 is 0. The van der Waals surface area contributed by atoms with E-state index in [1.807, 2.05) is 30.6 Å². The largest absolute Gasteiger partial charge is 0.342 e. The summed E-state index contributed by atoms with van der Waals surface area (Å²) in [6, 6.07) is 0.137. The van der Waals surface area contributed by atoms with Gasteiger partial charge in [0.05, 0.1) is 5.92 Å². The van der Waals surface area contributed by atoms with Crippen LogP contribution < -0.4 is 5.73 Å². The third-order valence-electron chi connectivity index (χ3n) is 4.91. The average Bonchev–Trinajstić information content (AvgIpc) is 2.73. The van der Waals surface area contributed by atoms with Crippen molar-refractivity contribution in [2.75, 3.05) is 19.6 Å². The van der Waals surface area contributed by atoms with Gasteiger partial charge < -0.3 is 15.5 Å². The second-order valence-corrected chi connectivity index (χ2v) is 8.22. The highest BCUT2D eigenvalue weighted by Gasteiger charge is 2.43. The van der Waals surface area contributed by atoms with E-state index in [0.29, 0.717) is 26.1 Å². The molecule has 5 heteroatoms. The summed E-state index contributed by atoms with van der Waals surface area (Å²) in [6.07, 6.45) is 1.18. The summed E-state index contributed by atoms with van der Waals surface area (Å²) in [5, 5.41) is 0. The fourth-order valence-electron chi connectivity index (χ4n) is 3.34. The predicted octanol–water partition coefficient (Wildman–Crippen LogP) is 1.22. The molecule has 0 aliphatic carbocycles. The van der Waals surface area contributed by atoms with E-state index in [0.717, 1.165) is 6.42 Å². The summed E-state index contributed by atoms with van der Waals surface area (Å²) in [7, 11) is 0. The van der Waals surface area contributed by atoms with Crippen molar-refractivity contribution in [3.05, 3.63) is 0 Å². The molecule has 21 heavy (non-hydrogen) atoms. The zero-order valence-electron chi connectivity index (χ0n) is 14.0. The first-order valence-corrected chi connectivity index (χ1v) is 7.87. The first kappa shape index (κ1) is 16.3. The van der Waals surface area contributed by atoms with E-state index in [1.165, 1.54) is 0 Å². The quantitative estimate of drug-likeness (QED) is 0.791. The van der Waals surface area contributed by atoms with E-state index >= 15 is 0 Å². The Bertz CT molecular complexity index is 439. The van der Waals surface area contributed by atoms with Crippen molar-refractivity contribution in [2.24, 2.45) is 17.1 Å². The topological polar surface area (TPSA) is 66.6 Å². The van der Waals surface area contributed by atoms with Gasteiger partial charge in [0.2, 0.25) is 11.8 Å². The maximum atomic E-state index is 12.7. The molecule has 2 aliphatic heterocycles. The van der Waals surface area contributed by atoms with E-state index < -0.39 is 0 Å². The van der Waals surface area contributed by atoms with Gasteiger partial charge in [-0.05, 0) is 32.6 Å². The molecule has 2 aliphatic rings. The molecule has 5 nitrogen and oxygen atoms in total. The Balaban J connectivity index is 2.04. The third-order valence-corrected chi connectivity index (χ3v) is 4.91. The molecule has 2 rings (SSSR count). The number of nitrogens with zero attached hydrogens (tertiary/aromatic N) is 2. The van der Waals surface area contributed by atoms with Crippen LogP contribution in [0.4, 0.5) is 0 Å². The van der Waals surface area contributed by atoms with Crippen LogP contribution in [0, 0.1) is 11.3 Å². The Morgan fingerprint density at radius 3 is 2.43 bits per heavy atom. The Kier molecular flexibility index (Phi) is 4.08. The third kappa shape index (κ3) is 3.23. The molecule has 0 bridgehead atoms. The van der Waals surface area contributed by atoms with Crippen LogP contribution >= 0.6 is 0 Å². The van der Waals surface area contributed by atoms with Crippen LogP contribution in [0.2, 0.25) is 0 Å². The fraction of sp³-hybridized carbons (Fsp3) is 0.875. The summed E-state index contributed by atoms with van der Waals surface area (Å²) < 4.78 is 0. The lowest BCUT2D eigenvalue weighted by molar-refractivity contribution is -0.139. The van der Waals surface area contributed by atoms with Crippen molar-refractivity contribution in [1.29, 1.82) is 0 Å². The first-order valence-electron chi connectivity index (χ1n) is 7.87. The summed E-state index contributed by atoms with van der Waals surface area (Å²) in [5.74, 6) is 0.0192. The molecule has 0 spiro atoms. The van der Waals surface area contributed by atoms with Crippen molar-refractivity contribution in [3.63, 3.8) is 0 Å². The van der Waals surface area contributed by atoms with Gasteiger partial charge in [0, 0.05) is 37.6 Å². The Morgan fingerprint density at radius 1 is 1.33 bits per heavy atom. The van der Waals surface area contributed by atoms with E-state index in [4.69, 9.17) is 5.73 Å². The zero-order valence-corrected chi connectivity index (χ0v) is 14.0. The monoisotopic (exact) mass is 295 g/mol. The van der Waals surface area contributed by atoms with Crippen molar-refractivity contribution in [1.82, 2.24) is 9.80 Å². The normalized spacial score (nSPS) is 29.9. The highest BCUT2D eigenvalue weighted by Crippen LogP contribution is 2.31. The molecule has 2 fully saturated rings. The second-order valence-electron chi connectivity index (χ2n) is 8.22. The zero-order chi connectivity index (χ0) is 16.0. The Labute approximate surface area is 127 Å². The van der Waals surface area contributed by atoms with Crippen molar-refractivity contribution >= 4 is 11.8 Å². The summed E-state index contributed by atoms with van der Waals surface area (Å²) in [6.45, 7) is 12.2. The van der Waals surface area contributed by atoms with E-state index in [2.05, 4.69) is 13.8 Å². The van der Waals surface area contributed by atoms with Crippen LogP contribution in [-0.4, -0.2) is 52.8 Å². The first-order chi connectivity index (χ1) is 9.52. The lowest BCUT2D eigenvalue weighted by Crippen LogP contribution is -2.55. The Hall–Kier alpha value is -1.10. The van der Waals surface area contributed by atoms with Crippen LogP contribution in [0.15, 0.2) is 0 Å². The van der Waals surface area contributed by atoms with Crippen LogP contribution in [0.25, 0.3) is 0 Å². The number of hydrogen-bond acceptors (Lipinski definition) is 3. The minimum Gasteiger partial charge on any atom is -0.342 e. The molecular formula is C16H29N3O2. The van der Waals surface area contributed by atoms with Gasteiger partial charge >= 0.3 is 0 Å². The molecular weight excluding hydrogens is 266 g/mol. The number of hydrogen-bond donors (Lipinski definition) is 1. The molecule has 0 saturated carbocycles. The van der Waals surface area contributed by atoms with Gasteiger partial charge in [0.1, 0.15) is 0 Å². The number of carbonyl (C=O) groups is 2. The predicted molar refractivity (Wildman–Crippen MR) is 82.5 cm³/mol. The van der Waals surface area contributed by atoms with Crippen LogP contribution in [0.3, 0.4) is 0 Å².